The lowest BCUT2D eigenvalue weighted by Crippen LogP contribution is -2.24. The highest BCUT2D eigenvalue weighted by Crippen LogP contribution is 2.21. The van der Waals surface area contributed by atoms with Crippen LogP contribution in [0.25, 0.3) is 5.82 Å². The molecule has 0 aliphatic heterocycles. The van der Waals surface area contributed by atoms with Gasteiger partial charge in [0, 0.05) is 19.3 Å². The molecule has 3 rings (SSSR count). The summed E-state index contributed by atoms with van der Waals surface area (Å²) < 4.78 is 15.6. The van der Waals surface area contributed by atoms with Crippen molar-refractivity contribution in [3.8, 4) is 5.82 Å². The quantitative estimate of drug-likeness (QED) is 0.425. The highest BCUT2D eigenvalue weighted by atomic mass is 19.1. The molecule has 2 heterocycles. The predicted molar refractivity (Wildman–Crippen MR) is 114 cm³/mol. The molecule has 8 heteroatoms. The molecule has 1 fully saturated rings. The molecule has 2 aromatic heterocycles. The van der Waals surface area contributed by atoms with Crippen LogP contribution in [0, 0.1) is 5.82 Å². The van der Waals surface area contributed by atoms with Crippen LogP contribution in [0.15, 0.2) is 43.0 Å². The van der Waals surface area contributed by atoms with E-state index in [0.29, 0.717) is 18.3 Å². The van der Waals surface area contributed by atoms with Gasteiger partial charge >= 0.3 is 0 Å². The minimum absolute atomic E-state index is 0.104. The molecule has 0 amide bonds. The lowest BCUT2D eigenvalue weighted by molar-refractivity contribution is -0.104. The van der Waals surface area contributed by atoms with Crippen LogP contribution in [0.4, 0.5) is 16.0 Å². The van der Waals surface area contributed by atoms with Gasteiger partial charge in [-0.3, -0.25) is 4.79 Å². The van der Waals surface area contributed by atoms with E-state index in [9.17, 15) is 9.18 Å². The van der Waals surface area contributed by atoms with Crippen LogP contribution in [0.2, 0.25) is 0 Å². The van der Waals surface area contributed by atoms with Crippen molar-refractivity contribution >= 4 is 17.9 Å². The van der Waals surface area contributed by atoms with Crippen molar-refractivity contribution in [3.05, 3.63) is 48.8 Å². The SMILES string of the molecule is CC.CN(/C=C\C=C/C=O)c1cnn(-c2nc(NC3CCCCC3)ncc2F)c1. The van der Waals surface area contributed by atoms with Crippen molar-refractivity contribution in [1.29, 1.82) is 0 Å². The van der Waals surface area contributed by atoms with Crippen molar-refractivity contribution in [2.45, 2.75) is 52.0 Å². The van der Waals surface area contributed by atoms with E-state index in [4.69, 9.17) is 0 Å². The minimum Gasteiger partial charge on any atom is -0.351 e. The first-order valence-corrected chi connectivity index (χ1v) is 10.0. The number of nitrogens with one attached hydrogen (secondary N) is 1. The molecule has 0 unspecified atom stereocenters. The highest BCUT2D eigenvalue weighted by Gasteiger charge is 2.16. The summed E-state index contributed by atoms with van der Waals surface area (Å²) >= 11 is 0. The fourth-order valence-corrected chi connectivity index (χ4v) is 3.00. The first kappa shape index (κ1) is 22.3. The van der Waals surface area contributed by atoms with Crippen molar-refractivity contribution in [2.24, 2.45) is 0 Å². The van der Waals surface area contributed by atoms with E-state index in [1.165, 1.54) is 36.2 Å². The molecule has 2 aromatic rings. The first-order chi connectivity index (χ1) is 14.2. The van der Waals surface area contributed by atoms with Crippen LogP contribution < -0.4 is 10.2 Å². The molecule has 156 valence electrons. The van der Waals surface area contributed by atoms with Gasteiger partial charge in [-0.15, -0.1) is 0 Å². The maximum absolute atomic E-state index is 14.2. The number of nitrogens with zero attached hydrogens (tertiary/aromatic N) is 5. The molecule has 0 saturated heterocycles. The lowest BCUT2D eigenvalue weighted by Gasteiger charge is -2.22. The number of carbonyl (C=O) groups excluding carboxylic acids is 1. The average molecular weight is 401 g/mol. The van der Waals surface area contributed by atoms with E-state index in [-0.39, 0.29) is 5.82 Å². The Morgan fingerprint density at radius 2 is 1.93 bits per heavy atom. The Morgan fingerprint density at radius 1 is 1.17 bits per heavy atom. The van der Waals surface area contributed by atoms with Gasteiger partial charge in [0.25, 0.3) is 0 Å². The van der Waals surface area contributed by atoms with E-state index < -0.39 is 5.82 Å². The van der Waals surface area contributed by atoms with Crippen LogP contribution in [0.1, 0.15) is 46.0 Å². The number of rotatable bonds is 7. The first-order valence-electron chi connectivity index (χ1n) is 10.0. The van der Waals surface area contributed by atoms with Gasteiger partial charge in [-0.2, -0.15) is 10.1 Å². The second-order valence-corrected chi connectivity index (χ2v) is 6.46. The van der Waals surface area contributed by atoms with Gasteiger partial charge in [0.15, 0.2) is 11.6 Å². The fourth-order valence-electron chi connectivity index (χ4n) is 3.00. The van der Waals surface area contributed by atoms with Gasteiger partial charge in [-0.05, 0) is 25.0 Å². The summed E-state index contributed by atoms with van der Waals surface area (Å²) in [6.07, 6.45) is 17.5. The van der Waals surface area contributed by atoms with Crippen LogP contribution in [-0.4, -0.2) is 39.1 Å². The number of halogens is 1. The number of aromatic nitrogens is 4. The van der Waals surface area contributed by atoms with E-state index in [0.717, 1.165) is 18.5 Å². The standard InChI is InChI=1S/C19H23FN6O.C2H6/c1-25(10-6-3-7-11-27)16-12-22-26(14-16)18-17(20)13-21-19(24-18)23-15-8-4-2-5-9-15;1-2/h3,6-7,10-15H,2,4-5,8-9H2,1H3,(H,21,23,24);1-2H3/b7-3-,10-6-;. The van der Waals surface area contributed by atoms with Crippen LogP contribution in [-0.2, 0) is 4.79 Å². The normalized spacial score (nSPS) is 14.6. The summed E-state index contributed by atoms with van der Waals surface area (Å²) in [5, 5.41) is 7.51. The largest absolute Gasteiger partial charge is 0.351 e. The van der Waals surface area contributed by atoms with Gasteiger partial charge in [0.05, 0.1) is 24.3 Å². The Kier molecular flexibility index (Phi) is 9.01. The molecular formula is C21H29FN6O. The zero-order chi connectivity index (χ0) is 21.1. The highest BCUT2D eigenvalue weighted by molar-refractivity contribution is 5.65. The summed E-state index contributed by atoms with van der Waals surface area (Å²) in [6, 6.07) is 0.334. The van der Waals surface area contributed by atoms with Crippen molar-refractivity contribution in [2.75, 3.05) is 17.3 Å². The molecule has 0 atom stereocenters. The van der Waals surface area contributed by atoms with E-state index >= 15 is 0 Å². The zero-order valence-electron chi connectivity index (χ0n) is 17.3. The van der Waals surface area contributed by atoms with Gasteiger partial charge < -0.3 is 10.2 Å². The minimum atomic E-state index is -0.536. The van der Waals surface area contributed by atoms with Gasteiger partial charge in [-0.25, -0.2) is 14.1 Å². The number of hydrogen-bond acceptors (Lipinski definition) is 6. The van der Waals surface area contributed by atoms with Gasteiger partial charge in [-0.1, -0.05) is 39.2 Å². The Labute approximate surface area is 171 Å². The Bertz CT molecular complexity index is 826. The number of hydrogen-bond donors (Lipinski definition) is 1. The second-order valence-electron chi connectivity index (χ2n) is 6.46. The molecule has 1 N–H and O–H groups in total. The van der Waals surface area contributed by atoms with E-state index in [1.54, 1.807) is 35.6 Å². The summed E-state index contributed by atoms with van der Waals surface area (Å²) in [4.78, 5) is 20.4. The number of allylic oxidation sites excluding steroid dienone is 3. The zero-order valence-corrected chi connectivity index (χ0v) is 17.3. The monoisotopic (exact) mass is 400 g/mol. The maximum atomic E-state index is 14.2. The third-order valence-electron chi connectivity index (χ3n) is 4.47. The molecule has 0 radical (unpaired) electrons. The third-order valence-corrected chi connectivity index (χ3v) is 4.47. The Hall–Kier alpha value is -3.03. The summed E-state index contributed by atoms with van der Waals surface area (Å²) in [5.41, 5.74) is 0.755. The topological polar surface area (TPSA) is 75.9 Å². The number of anilines is 2. The molecule has 1 aliphatic carbocycles. The smallest absolute Gasteiger partial charge is 0.225 e. The molecule has 0 aromatic carbocycles. The second kappa shape index (κ2) is 11.7. The molecule has 1 saturated carbocycles. The van der Waals surface area contributed by atoms with Crippen molar-refractivity contribution < 1.29 is 9.18 Å². The van der Waals surface area contributed by atoms with Crippen LogP contribution >= 0.6 is 0 Å². The number of carbonyl (C=O) groups is 1. The molecule has 1 aliphatic rings. The average Bonchev–Trinajstić information content (AvgIpc) is 3.25. The maximum Gasteiger partial charge on any atom is 0.225 e. The lowest BCUT2D eigenvalue weighted by atomic mass is 9.96. The van der Waals surface area contributed by atoms with E-state index in [1.807, 2.05) is 20.9 Å². The molecule has 7 nitrogen and oxygen atoms in total. The molecular weight excluding hydrogens is 371 g/mol. The molecule has 0 bridgehead atoms. The van der Waals surface area contributed by atoms with Gasteiger partial charge in [0.1, 0.15) is 6.29 Å². The fraction of sp³-hybridized carbons (Fsp3) is 0.429. The summed E-state index contributed by atoms with van der Waals surface area (Å²) in [7, 11) is 1.83. The number of aldehydes is 1. The third kappa shape index (κ3) is 6.51. The summed E-state index contributed by atoms with van der Waals surface area (Å²) in [6.45, 7) is 4.00. The van der Waals surface area contributed by atoms with E-state index in [2.05, 4.69) is 20.4 Å². The molecule has 0 spiro atoms. The van der Waals surface area contributed by atoms with Crippen molar-refractivity contribution in [3.63, 3.8) is 0 Å². The Balaban J connectivity index is 0.00000145. The van der Waals surface area contributed by atoms with Crippen LogP contribution in [0.3, 0.4) is 0 Å². The van der Waals surface area contributed by atoms with Crippen LogP contribution in [0.5, 0.6) is 0 Å². The summed E-state index contributed by atoms with van der Waals surface area (Å²) in [5.74, 6) is -0.0126. The predicted octanol–water partition coefficient (Wildman–Crippen LogP) is 4.28. The molecule has 29 heavy (non-hydrogen) atoms. The van der Waals surface area contributed by atoms with Gasteiger partial charge in [0.2, 0.25) is 5.95 Å². The Morgan fingerprint density at radius 3 is 2.66 bits per heavy atom. The van der Waals surface area contributed by atoms with Crippen molar-refractivity contribution in [1.82, 2.24) is 19.7 Å².